The number of piperidine rings is 1. The van der Waals surface area contributed by atoms with Crippen molar-refractivity contribution in [2.75, 3.05) is 20.1 Å². The van der Waals surface area contributed by atoms with Gasteiger partial charge in [-0.2, -0.15) is 0 Å². The molecule has 0 bridgehead atoms. The number of nitrogens with zero attached hydrogens (tertiary/aromatic N) is 2. The third kappa shape index (κ3) is 5.28. The van der Waals surface area contributed by atoms with E-state index in [9.17, 15) is 14.0 Å². The number of amides is 2. The SMILES string of the molecule is CN(Cc1cccc(F)c1)C(=O)C1CCN(C(=O)/C=C/c2ccccc2)CC1. The molecule has 2 aromatic carbocycles. The van der Waals surface area contributed by atoms with Crippen molar-refractivity contribution in [1.82, 2.24) is 9.80 Å². The quantitative estimate of drug-likeness (QED) is 0.742. The van der Waals surface area contributed by atoms with Crippen LogP contribution < -0.4 is 0 Å². The van der Waals surface area contributed by atoms with E-state index in [-0.39, 0.29) is 23.5 Å². The Balaban J connectivity index is 1.49. The fraction of sp³-hybridized carbons (Fsp3) is 0.304. The number of carbonyl (C=O) groups excluding carboxylic acids is 2. The molecule has 28 heavy (non-hydrogen) atoms. The van der Waals surface area contributed by atoms with Crippen molar-refractivity contribution in [3.05, 3.63) is 77.6 Å². The van der Waals surface area contributed by atoms with Crippen molar-refractivity contribution in [3.8, 4) is 0 Å². The molecule has 1 aliphatic heterocycles. The predicted octanol–water partition coefficient (Wildman–Crippen LogP) is 3.74. The van der Waals surface area contributed by atoms with Gasteiger partial charge in [-0.3, -0.25) is 9.59 Å². The van der Waals surface area contributed by atoms with E-state index >= 15 is 0 Å². The van der Waals surface area contributed by atoms with Gasteiger partial charge in [0, 0.05) is 38.7 Å². The van der Waals surface area contributed by atoms with Crippen LogP contribution in [0, 0.1) is 11.7 Å². The summed E-state index contributed by atoms with van der Waals surface area (Å²) in [6.45, 7) is 1.53. The molecule has 0 N–H and O–H groups in total. The zero-order valence-electron chi connectivity index (χ0n) is 16.1. The van der Waals surface area contributed by atoms with Crippen LogP contribution in [-0.2, 0) is 16.1 Å². The third-order valence-corrected chi connectivity index (χ3v) is 5.06. The van der Waals surface area contributed by atoms with E-state index in [1.54, 1.807) is 29.0 Å². The van der Waals surface area contributed by atoms with Gasteiger partial charge in [0.1, 0.15) is 5.82 Å². The topological polar surface area (TPSA) is 40.6 Å². The molecule has 0 aliphatic carbocycles. The van der Waals surface area contributed by atoms with Gasteiger partial charge >= 0.3 is 0 Å². The largest absolute Gasteiger partial charge is 0.341 e. The van der Waals surface area contributed by atoms with Gasteiger partial charge in [0.2, 0.25) is 11.8 Å². The lowest BCUT2D eigenvalue weighted by molar-refractivity contribution is -0.138. The number of carbonyl (C=O) groups is 2. The monoisotopic (exact) mass is 380 g/mol. The van der Waals surface area contributed by atoms with Crippen LogP contribution in [0.1, 0.15) is 24.0 Å². The maximum atomic E-state index is 13.3. The van der Waals surface area contributed by atoms with Gasteiger partial charge in [0.25, 0.3) is 0 Å². The smallest absolute Gasteiger partial charge is 0.246 e. The summed E-state index contributed by atoms with van der Waals surface area (Å²) in [5, 5.41) is 0. The Labute approximate surface area is 165 Å². The molecule has 0 radical (unpaired) electrons. The minimum Gasteiger partial charge on any atom is -0.341 e. The number of hydrogen-bond donors (Lipinski definition) is 0. The van der Waals surface area contributed by atoms with E-state index in [0.29, 0.717) is 32.5 Å². The summed E-state index contributed by atoms with van der Waals surface area (Å²) in [5.74, 6) is -0.367. The van der Waals surface area contributed by atoms with E-state index in [2.05, 4.69) is 0 Å². The molecule has 0 aromatic heterocycles. The molecular weight excluding hydrogens is 355 g/mol. The molecule has 1 fully saturated rings. The van der Waals surface area contributed by atoms with Crippen molar-refractivity contribution in [2.24, 2.45) is 5.92 Å². The average molecular weight is 380 g/mol. The molecule has 1 aliphatic rings. The standard InChI is InChI=1S/C23H25FN2O2/c1-25(17-19-8-5-9-21(24)16-19)23(28)20-12-14-26(15-13-20)22(27)11-10-18-6-3-2-4-7-18/h2-11,16,20H,12-15,17H2,1H3/b11-10+. The normalized spacial score (nSPS) is 15.0. The van der Waals surface area contributed by atoms with Crippen LogP contribution in [0.2, 0.25) is 0 Å². The maximum Gasteiger partial charge on any atom is 0.246 e. The van der Waals surface area contributed by atoms with Crippen LogP contribution in [0.25, 0.3) is 6.08 Å². The number of hydrogen-bond acceptors (Lipinski definition) is 2. The first-order valence-electron chi connectivity index (χ1n) is 9.54. The Morgan fingerprint density at radius 1 is 1.11 bits per heavy atom. The summed E-state index contributed by atoms with van der Waals surface area (Å²) < 4.78 is 13.3. The molecule has 4 nitrogen and oxygen atoms in total. The fourth-order valence-electron chi connectivity index (χ4n) is 3.48. The van der Waals surface area contributed by atoms with Gasteiger partial charge in [-0.1, -0.05) is 42.5 Å². The first kappa shape index (κ1) is 19.8. The highest BCUT2D eigenvalue weighted by Gasteiger charge is 2.28. The van der Waals surface area contributed by atoms with Crippen LogP contribution >= 0.6 is 0 Å². The van der Waals surface area contributed by atoms with Gasteiger partial charge in [0.15, 0.2) is 0 Å². The van der Waals surface area contributed by atoms with Crippen LogP contribution in [-0.4, -0.2) is 41.8 Å². The van der Waals surface area contributed by atoms with Gasteiger partial charge in [-0.25, -0.2) is 4.39 Å². The van der Waals surface area contributed by atoms with Crippen molar-refractivity contribution in [2.45, 2.75) is 19.4 Å². The van der Waals surface area contributed by atoms with E-state index < -0.39 is 0 Å². The highest BCUT2D eigenvalue weighted by atomic mass is 19.1. The van der Waals surface area contributed by atoms with Crippen molar-refractivity contribution in [3.63, 3.8) is 0 Å². The minimum absolute atomic E-state index is 0.0251. The first-order valence-corrected chi connectivity index (χ1v) is 9.54. The van der Waals surface area contributed by atoms with E-state index in [0.717, 1.165) is 11.1 Å². The van der Waals surface area contributed by atoms with E-state index in [1.165, 1.54) is 12.1 Å². The predicted molar refractivity (Wildman–Crippen MR) is 108 cm³/mol. The molecular formula is C23H25FN2O2. The number of halogens is 1. The van der Waals surface area contributed by atoms with E-state index in [1.807, 2.05) is 42.5 Å². The molecule has 2 aromatic rings. The van der Waals surface area contributed by atoms with Crippen molar-refractivity contribution >= 4 is 17.9 Å². The number of benzene rings is 2. The number of rotatable bonds is 5. The Morgan fingerprint density at radius 2 is 1.82 bits per heavy atom. The average Bonchev–Trinajstić information content (AvgIpc) is 2.72. The van der Waals surface area contributed by atoms with Crippen LogP contribution in [0.3, 0.4) is 0 Å². The summed E-state index contributed by atoms with van der Waals surface area (Å²) in [7, 11) is 1.74. The second kappa shape index (κ2) is 9.31. The molecule has 3 rings (SSSR count). The summed E-state index contributed by atoms with van der Waals surface area (Å²) in [6, 6.07) is 16.0. The Bertz CT molecular complexity index is 843. The molecule has 0 saturated carbocycles. The second-order valence-electron chi connectivity index (χ2n) is 7.17. The highest BCUT2D eigenvalue weighted by Crippen LogP contribution is 2.21. The Morgan fingerprint density at radius 3 is 2.50 bits per heavy atom. The minimum atomic E-state index is -0.297. The highest BCUT2D eigenvalue weighted by molar-refractivity contribution is 5.92. The van der Waals surface area contributed by atoms with Gasteiger partial charge in [-0.05, 0) is 42.2 Å². The van der Waals surface area contributed by atoms with Crippen molar-refractivity contribution < 1.29 is 14.0 Å². The number of likely N-dealkylation sites (tertiary alicyclic amines) is 1. The maximum absolute atomic E-state index is 13.3. The molecule has 1 saturated heterocycles. The van der Waals surface area contributed by atoms with E-state index in [4.69, 9.17) is 0 Å². The van der Waals surface area contributed by atoms with Crippen LogP contribution in [0.4, 0.5) is 4.39 Å². The molecule has 0 unspecified atom stereocenters. The van der Waals surface area contributed by atoms with Gasteiger partial charge in [0.05, 0.1) is 0 Å². The zero-order valence-corrected chi connectivity index (χ0v) is 16.1. The zero-order chi connectivity index (χ0) is 19.9. The summed E-state index contributed by atoms with van der Waals surface area (Å²) in [4.78, 5) is 28.5. The molecule has 146 valence electrons. The first-order chi connectivity index (χ1) is 13.5. The lowest BCUT2D eigenvalue weighted by Gasteiger charge is -2.32. The molecule has 0 atom stereocenters. The molecule has 2 amide bonds. The van der Waals surface area contributed by atoms with Crippen molar-refractivity contribution in [1.29, 1.82) is 0 Å². The third-order valence-electron chi connectivity index (χ3n) is 5.06. The second-order valence-corrected chi connectivity index (χ2v) is 7.17. The fourth-order valence-corrected chi connectivity index (χ4v) is 3.48. The lowest BCUT2D eigenvalue weighted by atomic mass is 9.95. The summed E-state index contributed by atoms with van der Waals surface area (Å²) >= 11 is 0. The molecule has 5 heteroatoms. The Kier molecular flexibility index (Phi) is 6.58. The van der Waals surface area contributed by atoms with Crippen LogP contribution in [0.5, 0.6) is 0 Å². The summed E-state index contributed by atoms with van der Waals surface area (Å²) in [6.07, 6.45) is 4.70. The van der Waals surface area contributed by atoms with Gasteiger partial charge < -0.3 is 9.80 Å². The Hall–Kier alpha value is -2.95. The van der Waals surface area contributed by atoms with Gasteiger partial charge in [-0.15, -0.1) is 0 Å². The van der Waals surface area contributed by atoms with Crippen LogP contribution in [0.15, 0.2) is 60.7 Å². The summed E-state index contributed by atoms with van der Waals surface area (Å²) in [5.41, 5.74) is 1.76. The molecule has 0 spiro atoms. The lowest BCUT2D eigenvalue weighted by Crippen LogP contribution is -2.42. The molecule has 1 heterocycles.